The minimum atomic E-state index is -3.08. The molecule has 0 amide bonds. The molecule has 1 aliphatic heterocycles. The van der Waals surface area contributed by atoms with E-state index in [0.717, 1.165) is 31.2 Å². The normalized spacial score (nSPS) is 17.0. The summed E-state index contributed by atoms with van der Waals surface area (Å²) >= 11 is 0. The van der Waals surface area contributed by atoms with Crippen LogP contribution < -0.4 is 10.6 Å². The maximum atomic E-state index is 11.9. The first-order chi connectivity index (χ1) is 12.4. The second-order valence-corrected chi connectivity index (χ2v) is 9.29. The molecule has 156 valence electrons. The van der Waals surface area contributed by atoms with Gasteiger partial charge in [0.15, 0.2) is 5.96 Å². The van der Waals surface area contributed by atoms with Crippen molar-refractivity contribution in [1.29, 1.82) is 0 Å². The fraction of sp³-hybridized carbons (Fsp3) is 0.765. The first kappa shape index (κ1) is 24.2. The van der Waals surface area contributed by atoms with Gasteiger partial charge < -0.3 is 15.2 Å². The zero-order valence-electron chi connectivity index (χ0n) is 16.7. The molecule has 2 rings (SSSR count). The van der Waals surface area contributed by atoms with Crippen molar-refractivity contribution in [2.24, 2.45) is 10.9 Å². The van der Waals surface area contributed by atoms with Crippen LogP contribution in [0.2, 0.25) is 0 Å². The first-order valence-corrected chi connectivity index (χ1v) is 10.9. The monoisotopic (exact) mass is 512 g/mol. The molecule has 0 saturated carbocycles. The van der Waals surface area contributed by atoms with Gasteiger partial charge in [-0.15, -0.1) is 24.0 Å². The highest BCUT2D eigenvalue weighted by molar-refractivity contribution is 14.0. The van der Waals surface area contributed by atoms with Crippen LogP contribution in [0.3, 0.4) is 0 Å². The number of halogens is 1. The number of hydrogen-bond acceptors (Lipinski definition) is 4. The molecule has 1 aromatic heterocycles. The molecule has 2 N–H and O–H groups in total. The molecule has 1 saturated heterocycles. The molecule has 27 heavy (non-hydrogen) atoms. The Hall–Kier alpha value is -0.880. The molecule has 0 radical (unpaired) electrons. The van der Waals surface area contributed by atoms with Crippen LogP contribution in [-0.4, -0.2) is 60.2 Å². The third kappa shape index (κ3) is 7.22. The Morgan fingerprint density at radius 2 is 2.04 bits per heavy atom. The summed E-state index contributed by atoms with van der Waals surface area (Å²) in [4.78, 5) is 8.69. The number of guanidine groups is 1. The van der Waals surface area contributed by atoms with E-state index in [4.69, 9.17) is 0 Å². The third-order valence-corrected chi connectivity index (χ3v) is 6.44. The molecule has 0 bridgehead atoms. The van der Waals surface area contributed by atoms with Crippen LogP contribution in [0, 0.1) is 5.92 Å². The molecule has 0 atom stereocenters. The van der Waals surface area contributed by atoms with Gasteiger partial charge in [0.1, 0.15) is 5.82 Å². The van der Waals surface area contributed by atoms with Crippen LogP contribution in [0.25, 0.3) is 0 Å². The number of hydrogen-bond donors (Lipinski definition) is 2. The lowest BCUT2D eigenvalue weighted by Crippen LogP contribution is -2.49. The molecule has 1 aliphatic rings. The summed E-state index contributed by atoms with van der Waals surface area (Å²) in [5.41, 5.74) is 0. The number of nitrogens with one attached hydrogen (secondary N) is 2. The molecule has 0 spiro atoms. The Morgan fingerprint density at radius 1 is 1.37 bits per heavy atom. The van der Waals surface area contributed by atoms with E-state index < -0.39 is 10.0 Å². The number of rotatable bonds is 7. The lowest BCUT2D eigenvalue weighted by atomic mass is 10.1. The standard InChI is InChI=1S/C17H32N6O2S.HI/c1-5-26(24,25)23-9-6-15(7-10-23)21-17(18-4)20-12-16-19-8-11-22(16)13-14(2)3;/h8,11,14-15H,5-7,9-10,12-13H2,1-4H3,(H2,18,20,21);1H. The minimum absolute atomic E-state index is 0. The molecule has 8 nitrogen and oxygen atoms in total. The number of aromatic nitrogens is 2. The number of sulfonamides is 1. The molecule has 1 fully saturated rings. The Labute approximate surface area is 180 Å². The van der Waals surface area contributed by atoms with Crippen molar-refractivity contribution in [1.82, 2.24) is 24.5 Å². The number of piperidine rings is 1. The molecule has 10 heteroatoms. The van der Waals surface area contributed by atoms with Crippen molar-refractivity contribution in [2.45, 2.75) is 52.7 Å². The zero-order valence-corrected chi connectivity index (χ0v) is 19.8. The highest BCUT2D eigenvalue weighted by atomic mass is 127. The summed E-state index contributed by atoms with van der Waals surface area (Å²) in [6, 6.07) is 0.222. The van der Waals surface area contributed by atoms with Crippen LogP contribution in [0.15, 0.2) is 17.4 Å². The average molecular weight is 512 g/mol. The summed E-state index contributed by atoms with van der Waals surface area (Å²) in [5.74, 6) is 2.42. The Kier molecular flexibility index (Phi) is 10.0. The quantitative estimate of drug-likeness (QED) is 0.329. The molecular formula is C17H33IN6O2S. The molecular weight excluding hydrogens is 479 g/mol. The van der Waals surface area contributed by atoms with Gasteiger partial charge in [-0.25, -0.2) is 17.7 Å². The lowest BCUT2D eigenvalue weighted by Gasteiger charge is -2.32. The second-order valence-electron chi connectivity index (χ2n) is 7.03. The largest absolute Gasteiger partial charge is 0.354 e. The predicted molar refractivity (Wildman–Crippen MR) is 120 cm³/mol. The van der Waals surface area contributed by atoms with Crippen molar-refractivity contribution < 1.29 is 8.42 Å². The summed E-state index contributed by atoms with van der Waals surface area (Å²) in [7, 11) is -1.34. The number of aliphatic imine (C=N–C) groups is 1. The van der Waals surface area contributed by atoms with Gasteiger partial charge >= 0.3 is 0 Å². The highest BCUT2D eigenvalue weighted by Crippen LogP contribution is 2.14. The Morgan fingerprint density at radius 3 is 2.59 bits per heavy atom. The molecule has 0 aromatic carbocycles. The fourth-order valence-corrected chi connectivity index (χ4v) is 4.21. The van der Waals surface area contributed by atoms with Gasteiger partial charge in [-0.2, -0.15) is 0 Å². The third-order valence-electron chi connectivity index (χ3n) is 4.55. The summed E-state index contributed by atoms with van der Waals surface area (Å²) in [5, 5.41) is 6.71. The van der Waals surface area contributed by atoms with E-state index >= 15 is 0 Å². The molecule has 2 heterocycles. The lowest BCUT2D eigenvalue weighted by molar-refractivity contribution is 0.306. The van der Waals surface area contributed by atoms with Crippen LogP contribution >= 0.6 is 24.0 Å². The van der Waals surface area contributed by atoms with E-state index in [1.54, 1.807) is 18.3 Å². The van der Waals surface area contributed by atoms with Crippen molar-refractivity contribution in [2.75, 3.05) is 25.9 Å². The van der Waals surface area contributed by atoms with E-state index in [1.807, 2.05) is 12.4 Å². The average Bonchev–Trinajstić information content (AvgIpc) is 3.05. The number of imidazole rings is 1. The maximum absolute atomic E-state index is 11.9. The Balaban J connectivity index is 0.00000364. The van der Waals surface area contributed by atoms with Gasteiger partial charge in [-0.1, -0.05) is 13.8 Å². The van der Waals surface area contributed by atoms with Crippen LogP contribution in [0.1, 0.15) is 39.4 Å². The van der Waals surface area contributed by atoms with Crippen molar-refractivity contribution in [3.8, 4) is 0 Å². The first-order valence-electron chi connectivity index (χ1n) is 9.30. The van der Waals surface area contributed by atoms with Crippen molar-refractivity contribution in [3.63, 3.8) is 0 Å². The summed E-state index contributed by atoms with van der Waals surface area (Å²) in [6.07, 6.45) is 5.38. The minimum Gasteiger partial charge on any atom is -0.354 e. The van der Waals surface area contributed by atoms with Crippen molar-refractivity contribution in [3.05, 3.63) is 18.2 Å². The molecule has 1 aromatic rings. The van der Waals surface area contributed by atoms with Crippen molar-refractivity contribution >= 4 is 40.0 Å². The smallest absolute Gasteiger partial charge is 0.213 e. The zero-order chi connectivity index (χ0) is 19.2. The van der Waals surface area contributed by atoms with E-state index in [2.05, 4.69) is 39.0 Å². The van der Waals surface area contributed by atoms with Gasteiger partial charge in [0.25, 0.3) is 0 Å². The van der Waals surface area contributed by atoms with Gasteiger partial charge in [0.05, 0.1) is 12.3 Å². The van der Waals surface area contributed by atoms with E-state index in [0.29, 0.717) is 25.6 Å². The van der Waals surface area contributed by atoms with Crippen LogP contribution in [0.5, 0.6) is 0 Å². The number of nitrogens with zero attached hydrogens (tertiary/aromatic N) is 4. The molecule has 0 aliphatic carbocycles. The van der Waals surface area contributed by atoms with E-state index in [9.17, 15) is 8.42 Å². The van der Waals surface area contributed by atoms with Gasteiger partial charge in [-0.3, -0.25) is 4.99 Å². The predicted octanol–water partition coefficient (Wildman–Crippen LogP) is 1.64. The highest BCUT2D eigenvalue weighted by Gasteiger charge is 2.27. The maximum Gasteiger partial charge on any atom is 0.213 e. The SMILES string of the molecule is CCS(=O)(=O)N1CCC(NC(=NC)NCc2nccn2CC(C)C)CC1.I. The fourth-order valence-electron chi connectivity index (χ4n) is 3.08. The van der Waals surface area contributed by atoms with Gasteiger partial charge in [-0.05, 0) is 25.7 Å². The van der Waals surface area contributed by atoms with Crippen LogP contribution in [-0.2, 0) is 23.1 Å². The molecule has 0 unspecified atom stereocenters. The summed E-state index contributed by atoms with van der Waals surface area (Å²) < 4.78 is 27.6. The summed E-state index contributed by atoms with van der Waals surface area (Å²) in [6.45, 7) is 8.71. The van der Waals surface area contributed by atoms with Gasteiger partial charge in [0, 0.05) is 45.1 Å². The second kappa shape index (κ2) is 11.2. The van der Waals surface area contributed by atoms with Crippen LogP contribution in [0.4, 0.5) is 0 Å². The Bertz CT molecular complexity index is 696. The van der Waals surface area contributed by atoms with E-state index in [-0.39, 0.29) is 35.8 Å². The van der Waals surface area contributed by atoms with E-state index in [1.165, 1.54) is 0 Å². The van der Waals surface area contributed by atoms with Gasteiger partial charge in [0.2, 0.25) is 10.0 Å². The topological polar surface area (TPSA) is 91.6 Å².